The Bertz CT molecular complexity index is 1170. The van der Waals surface area contributed by atoms with Crippen molar-refractivity contribution in [2.75, 3.05) is 0 Å². The zero-order valence-electron chi connectivity index (χ0n) is 17.2. The summed E-state index contributed by atoms with van der Waals surface area (Å²) >= 11 is 0. The number of carboxylic acid groups (broad SMARTS) is 3. The normalized spacial score (nSPS) is 10.5. The summed E-state index contributed by atoms with van der Waals surface area (Å²) < 4.78 is 0. The molecule has 0 saturated heterocycles. The van der Waals surface area contributed by atoms with Gasteiger partial charge in [-0.1, -0.05) is 91.0 Å². The van der Waals surface area contributed by atoms with E-state index in [-0.39, 0.29) is 33.4 Å². The molecule has 0 amide bonds. The molecule has 162 valence electrons. The first-order valence-electron chi connectivity index (χ1n) is 10.0. The quantitative estimate of drug-likeness (QED) is 0.352. The van der Waals surface area contributed by atoms with Crippen LogP contribution in [0.1, 0.15) is 31.1 Å². The lowest BCUT2D eigenvalue weighted by Gasteiger charge is -2.22. The van der Waals surface area contributed by atoms with E-state index in [1.54, 1.807) is 91.0 Å². The molecule has 0 bridgehead atoms. The lowest BCUT2D eigenvalue weighted by Crippen LogP contribution is -2.17. The van der Waals surface area contributed by atoms with Crippen LogP contribution in [-0.2, 0) is 0 Å². The summed E-state index contributed by atoms with van der Waals surface area (Å²) in [6.07, 6.45) is 0. The van der Waals surface area contributed by atoms with E-state index in [0.717, 1.165) is 0 Å². The molecular formula is C27H18O6. The molecule has 6 heteroatoms. The highest BCUT2D eigenvalue weighted by Gasteiger charge is 2.34. The van der Waals surface area contributed by atoms with E-state index < -0.39 is 17.9 Å². The van der Waals surface area contributed by atoms with Gasteiger partial charge in [0.25, 0.3) is 0 Å². The van der Waals surface area contributed by atoms with Crippen LogP contribution in [0.4, 0.5) is 0 Å². The van der Waals surface area contributed by atoms with Gasteiger partial charge in [-0.05, 0) is 16.7 Å². The van der Waals surface area contributed by atoms with Crippen molar-refractivity contribution in [3.05, 3.63) is 108 Å². The molecule has 3 N–H and O–H groups in total. The van der Waals surface area contributed by atoms with Gasteiger partial charge in [-0.15, -0.1) is 0 Å². The minimum absolute atomic E-state index is 0.0432. The minimum atomic E-state index is -1.42. The van der Waals surface area contributed by atoms with Crippen molar-refractivity contribution in [1.82, 2.24) is 0 Å². The smallest absolute Gasteiger partial charge is 0.337 e. The number of rotatable bonds is 6. The van der Waals surface area contributed by atoms with Crippen LogP contribution in [-0.4, -0.2) is 33.2 Å². The molecule has 0 aliphatic rings. The van der Waals surface area contributed by atoms with Crippen molar-refractivity contribution in [3.63, 3.8) is 0 Å². The molecule has 0 atom stereocenters. The molecular weight excluding hydrogens is 420 g/mol. The summed E-state index contributed by atoms with van der Waals surface area (Å²) in [5.41, 5.74) is -0.170. The predicted molar refractivity (Wildman–Crippen MR) is 124 cm³/mol. The van der Waals surface area contributed by atoms with E-state index in [9.17, 15) is 29.7 Å². The van der Waals surface area contributed by atoms with Crippen molar-refractivity contribution in [2.45, 2.75) is 0 Å². The third-order valence-electron chi connectivity index (χ3n) is 5.33. The summed E-state index contributed by atoms with van der Waals surface area (Å²) in [5.74, 6) is -4.26. The van der Waals surface area contributed by atoms with E-state index in [0.29, 0.717) is 16.7 Å². The van der Waals surface area contributed by atoms with Crippen LogP contribution in [0.5, 0.6) is 0 Å². The summed E-state index contributed by atoms with van der Waals surface area (Å²) in [5, 5.41) is 30.8. The summed E-state index contributed by atoms with van der Waals surface area (Å²) in [6, 6.07) is 24.9. The summed E-state index contributed by atoms with van der Waals surface area (Å²) in [7, 11) is 0. The predicted octanol–water partition coefficient (Wildman–Crippen LogP) is 5.78. The fourth-order valence-corrected chi connectivity index (χ4v) is 4.07. The Balaban J connectivity index is 2.36. The largest absolute Gasteiger partial charge is 0.478 e. The van der Waals surface area contributed by atoms with E-state index in [4.69, 9.17) is 0 Å². The Labute approximate surface area is 189 Å². The Kier molecular flexibility index (Phi) is 5.74. The van der Waals surface area contributed by atoms with Gasteiger partial charge in [-0.3, -0.25) is 0 Å². The second kappa shape index (κ2) is 8.80. The summed E-state index contributed by atoms with van der Waals surface area (Å²) in [6.45, 7) is 0. The number of hydrogen-bond acceptors (Lipinski definition) is 3. The topological polar surface area (TPSA) is 112 Å². The SMILES string of the molecule is O=C(O)c1c(-c2ccccc2)c(C(=O)O)c(-c2ccccc2)c(C(=O)O)c1-c1ccccc1. The Morgan fingerprint density at radius 1 is 0.394 bits per heavy atom. The molecule has 0 aliphatic carbocycles. The Morgan fingerprint density at radius 2 is 0.606 bits per heavy atom. The van der Waals surface area contributed by atoms with Crippen molar-refractivity contribution in [1.29, 1.82) is 0 Å². The van der Waals surface area contributed by atoms with E-state index in [2.05, 4.69) is 0 Å². The third kappa shape index (κ3) is 3.85. The maximum Gasteiger partial charge on any atom is 0.337 e. The van der Waals surface area contributed by atoms with Crippen LogP contribution < -0.4 is 0 Å². The number of hydrogen-bond donors (Lipinski definition) is 3. The minimum Gasteiger partial charge on any atom is -0.478 e. The summed E-state index contributed by atoms with van der Waals surface area (Å²) in [4.78, 5) is 37.8. The van der Waals surface area contributed by atoms with E-state index in [1.165, 1.54) is 0 Å². The lowest BCUT2D eigenvalue weighted by molar-refractivity contribution is 0.0696. The van der Waals surface area contributed by atoms with Crippen LogP contribution in [0.2, 0.25) is 0 Å². The zero-order valence-corrected chi connectivity index (χ0v) is 17.2. The fraction of sp³-hybridized carbons (Fsp3) is 0. The van der Waals surface area contributed by atoms with Crippen molar-refractivity contribution >= 4 is 17.9 Å². The van der Waals surface area contributed by atoms with Gasteiger partial charge in [0.15, 0.2) is 0 Å². The Hall–Kier alpha value is -4.71. The standard InChI is InChI=1S/C27H18O6/c28-25(29)22-19(16-10-4-1-5-11-16)23(26(30)31)21(18-14-8-3-9-15-18)24(27(32)33)20(22)17-12-6-2-7-13-17/h1-15H,(H,28,29)(H,30,31)(H,32,33). The highest BCUT2D eigenvalue weighted by Crippen LogP contribution is 2.44. The van der Waals surface area contributed by atoms with E-state index >= 15 is 0 Å². The Morgan fingerprint density at radius 3 is 0.788 bits per heavy atom. The van der Waals surface area contributed by atoms with Crippen molar-refractivity contribution < 1.29 is 29.7 Å². The molecule has 0 heterocycles. The first-order chi connectivity index (χ1) is 15.9. The number of aromatic carboxylic acids is 3. The molecule has 4 rings (SSSR count). The molecule has 6 nitrogen and oxygen atoms in total. The molecule has 0 radical (unpaired) electrons. The molecule has 0 fully saturated rings. The maximum atomic E-state index is 12.6. The maximum absolute atomic E-state index is 12.6. The molecule has 33 heavy (non-hydrogen) atoms. The van der Waals surface area contributed by atoms with Gasteiger partial charge >= 0.3 is 17.9 Å². The molecule has 0 saturated carbocycles. The van der Waals surface area contributed by atoms with Gasteiger partial charge in [0.2, 0.25) is 0 Å². The average Bonchev–Trinajstić information content (AvgIpc) is 2.83. The highest BCUT2D eigenvalue weighted by atomic mass is 16.4. The van der Waals surface area contributed by atoms with Gasteiger partial charge < -0.3 is 15.3 Å². The molecule has 4 aromatic rings. The molecule has 0 aromatic heterocycles. The molecule has 4 aromatic carbocycles. The van der Waals surface area contributed by atoms with Crippen molar-refractivity contribution in [2.24, 2.45) is 0 Å². The van der Waals surface area contributed by atoms with Crippen LogP contribution in [0, 0.1) is 0 Å². The number of benzene rings is 4. The van der Waals surface area contributed by atoms with Gasteiger partial charge in [-0.2, -0.15) is 0 Å². The van der Waals surface area contributed by atoms with Crippen LogP contribution in [0.15, 0.2) is 91.0 Å². The number of carboxylic acids is 3. The van der Waals surface area contributed by atoms with Gasteiger partial charge in [0.1, 0.15) is 0 Å². The highest BCUT2D eigenvalue weighted by molar-refractivity contribution is 6.19. The fourth-order valence-electron chi connectivity index (χ4n) is 4.07. The number of carbonyl (C=O) groups is 3. The van der Waals surface area contributed by atoms with Gasteiger partial charge in [-0.25, -0.2) is 14.4 Å². The van der Waals surface area contributed by atoms with Crippen LogP contribution >= 0.6 is 0 Å². The van der Waals surface area contributed by atoms with Crippen molar-refractivity contribution in [3.8, 4) is 33.4 Å². The first kappa shape index (κ1) is 21.5. The zero-order chi connectivity index (χ0) is 23.5. The third-order valence-corrected chi connectivity index (χ3v) is 5.33. The molecule has 0 unspecified atom stereocenters. The van der Waals surface area contributed by atoms with Crippen LogP contribution in [0.25, 0.3) is 33.4 Å². The second-order valence-electron chi connectivity index (χ2n) is 7.26. The molecule has 0 spiro atoms. The van der Waals surface area contributed by atoms with Gasteiger partial charge in [0, 0.05) is 16.7 Å². The average molecular weight is 438 g/mol. The van der Waals surface area contributed by atoms with E-state index in [1.807, 2.05) is 0 Å². The molecule has 0 aliphatic heterocycles. The second-order valence-corrected chi connectivity index (χ2v) is 7.26. The lowest BCUT2D eigenvalue weighted by atomic mass is 9.79. The van der Waals surface area contributed by atoms with Crippen LogP contribution in [0.3, 0.4) is 0 Å². The monoisotopic (exact) mass is 438 g/mol. The first-order valence-corrected chi connectivity index (χ1v) is 10.0. The van der Waals surface area contributed by atoms with Gasteiger partial charge in [0.05, 0.1) is 16.7 Å².